The number of halogens is 1. The molecule has 4 bridgehead atoms. The molecule has 0 spiro atoms. The Morgan fingerprint density at radius 1 is 1.03 bits per heavy atom. The number of amides is 2. The molecule has 1 aromatic rings. The van der Waals surface area contributed by atoms with Gasteiger partial charge < -0.3 is 19.7 Å². The molecule has 1 N–H and O–H groups in total. The van der Waals surface area contributed by atoms with Gasteiger partial charge >= 0.3 is 0 Å². The molecule has 7 heteroatoms. The van der Waals surface area contributed by atoms with E-state index in [-0.39, 0.29) is 17.2 Å². The van der Waals surface area contributed by atoms with Gasteiger partial charge in [0.1, 0.15) is 17.5 Å². The number of nitrogens with zero attached hydrogens (tertiary/aromatic N) is 1. The highest BCUT2D eigenvalue weighted by molar-refractivity contribution is 6.32. The molecule has 4 saturated carbocycles. The predicted octanol–water partition coefficient (Wildman–Crippen LogP) is 4.50. The number of hydrogen-bond acceptors (Lipinski definition) is 4. The van der Waals surface area contributed by atoms with Crippen LogP contribution in [-0.4, -0.2) is 43.5 Å². The summed E-state index contributed by atoms with van der Waals surface area (Å²) in [7, 11) is 3.07. The fourth-order valence-corrected chi connectivity index (χ4v) is 7.37. The van der Waals surface area contributed by atoms with Crippen LogP contribution in [0.2, 0.25) is 5.02 Å². The second-order valence-corrected chi connectivity index (χ2v) is 10.4. The van der Waals surface area contributed by atoms with Crippen molar-refractivity contribution in [3.63, 3.8) is 0 Å². The predicted molar refractivity (Wildman–Crippen MR) is 119 cm³/mol. The van der Waals surface area contributed by atoms with Crippen molar-refractivity contribution in [3.8, 4) is 11.5 Å². The molecule has 5 fully saturated rings. The molecule has 1 saturated heterocycles. The van der Waals surface area contributed by atoms with Crippen molar-refractivity contribution in [2.24, 2.45) is 23.2 Å². The third-order valence-electron chi connectivity index (χ3n) is 8.04. The number of carbonyl (C=O) groups is 2. The third kappa shape index (κ3) is 3.57. The molecular formula is C24H31ClN2O4. The number of benzene rings is 1. The molecule has 1 aliphatic heterocycles. The molecule has 168 valence electrons. The van der Waals surface area contributed by atoms with E-state index in [2.05, 4.69) is 5.32 Å². The van der Waals surface area contributed by atoms with E-state index < -0.39 is 6.04 Å². The van der Waals surface area contributed by atoms with Crippen LogP contribution in [0.5, 0.6) is 11.5 Å². The lowest BCUT2D eigenvalue weighted by Crippen LogP contribution is -2.56. The fraction of sp³-hybridized carbons (Fsp3) is 0.667. The Kier molecular flexibility index (Phi) is 5.32. The van der Waals surface area contributed by atoms with Crippen molar-refractivity contribution in [1.82, 2.24) is 4.90 Å². The molecule has 0 aromatic heterocycles. The Morgan fingerprint density at radius 3 is 2.23 bits per heavy atom. The monoisotopic (exact) mass is 446 g/mol. The van der Waals surface area contributed by atoms with E-state index in [9.17, 15) is 9.59 Å². The summed E-state index contributed by atoms with van der Waals surface area (Å²) < 4.78 is 10.6. The number of likely N-dealkylation sites (tertiary alicyclic amines) is 1. The minimum atomic E-state index is -0.439. The molecule has 5 aliphatic rings. The Labute approximate surface area is 188 Å². The smallest absolute Gasteiger partial charge is 0.247 e. The average molecular weight is 447 g/mol. The minimum absolute atomic E-state index is 0.171. The van der Waals surface area contributed by atoms with Gasteiger partial charge in [-0.3, -0.25) is 9.59 Å². The largest absolute Gasteiger partial charge is 0.495 e. The molecule has 6 nitrogen and oxygen atoms in total. The van der Waals surface area contributed by atoms with Crippen molar-refractivity contribution in [3.05, 3.63) is 17.2 Å². The Morgan fingerprint density at radius 2 is 1.65 bits per heavy atom. The van der Waals surface area contributed by atoms with Gasteiger partial charge in [0.25, 0.3) is 0 Å². The van der Waals surface area contributed by atoms with Gasteiger partial charge in [0.05, 0.1) is 30.3 Å². The third-order valence-corrected chi connectivity index (χ3v) is 8.34. The first-order chi connectivity index (χ1) is 14.9. The summed E-state index contributed by atoms with van der Waals surface area (Å²) in [6.07, 6.45) is 8.50. The highest BCUT2D eigenvalue weighted by atomic mass is 35.5. The number of ether oxygens (including phenoxy) is 2. The SMILES string of the molecule is COc1cc(OC)c(NC(=O)[C@H]2CCCN2C(=O)C23CC4CC(CC(C4)C2)C3)cc1Cl. The van der Waals surface area contributed by atoms with Gasteiger partial charge in [-0.15, -0.1) is 0 Å². The number of rotatable bonds is 5. The van der Waals surface area contributed by atoms with E-state index in [1.807, 2.05) is 4.90 Å². The quantitative estimate of drug-likeness (QED) is 0.722. The van der Waals surface area contributed by atoms with Gasteiger partial charge in [-0.25, -0.2) is 0 Å². The topological polar surface area (TPSA) is 67.9 Å². The minimum Gasteiger partial charge on any atom is -0.495 e. The summed E-state index contributed by atoms with van der Waals surface area (Å²) in [5.74, 6) is 3.13. The molecule has 1 heterocycles. The molecule has 1 atom stereocenters. The van der Waals surface area contributed by atoms with Crippen molar-refractivity contribution < 1.29 is 19.1 Å². The van der Waals surface area contributed by atoms with E-state index in [1.165, 1.54) is 33.5 Å². The molecule has 6 rings (SSSR count). The molecular weight excluding hydrogens is 416 g/mol. The van der Waals surface area contributed by atoms with E-state index in [1.54, 1.807) is 12.1 Å². The Balaban J connectivity index is 1.34. The second-order valence-electron chi connectivity index (χ2n) is 10.0. The molecule has 2 amide bonds. The molecule has 4 aliphatic carbocycles. The zero-order valence-electron chi connectivity index (χ0n) is 18.3. The van der Waals surface area contributed by atoms with Crippen LogP contribution in [0.1, 0.15) is 51.4 Å². The maximum atomic E-state index is 13.8. The first-order valence-electron chi connectivity index (χ1n) is 11.5. The lowest BCUT2D eigenvalue weighted by molar-refractivity contribution is -0.160. The van der Waals surface area contributed by atoms with E-state index in [0.717, 1.165) is 25.7 Å². The van der Waals surface area contributed by atoms with Gasteiger partial charge in [0.15, 0.2) is 0 Å². The summed E-state index contributed by atoms with van der Waals surface area (Å²) in [6.45, 7) is 0.666. The van der Waals surface area contributed by atoms with Crippen molar-refractivity contribution in [1.29, 1.82) is 0 Å². The summed E-state index contributed by atoms with van der Waals surface area (Å²) >= 11 is 6.26. The number of anilines is 1. The summed E-state index contributed by atoms with van der Waals surface area (Å²) in [5.41, 5.74) is 0.269. The first kappa shape index (κ1) is 20.9. The highest BCUT2D eigenvalue weighted by Gasteiger charge is 2.56. The normalized spacial score (nSPS) is 33.5. The summed E-state index contributed by atoms with van der Waals surface area (Å²) in [5, 5.41) is 3.35. The standard InChI is InChI=1S/C24H31ClN2O4/c1-30-20-10-21(31-2)18(9-17(20)25)26-22(28)19-4-3-5-27(19)23(29)24-11-14-6-15(12-24)8-16(7-14)13-24/h9-10,14-16,19H,3-8,11-13H2,1-2H3,(H,26,28)/t14?,15?,16?,19-,24?/m1/s1. The molecule has 0 radical (unpaired) electrons. The lowest BCUT2D eigenvalue weighted by atomic mass is 9.49. The van der Waals surface area contributed by atoms with E-state index in [4.69, 9.17) is 21.1 Å². The van der Waals surface area contributed by atoms with Crippen LogP contribution in [0.25, 0.3) is 0 Å². The molecule has 31 heavy (non-hydrogen) atoms. The van der Waals surface area contributed by atoms with Gasteiger partial charge in [-0.2, -0.15) is 0 Å². The zero-order chi connectivity index (χ0) is 21.8. The van der Waals surface area contributed by atoms with Crippen molar-refractivity contribution >= 4 is 29.1 Å². The second kappa shape index (κ2) is 7.88. The number of hydrogen-bond donors (Lipinski definition) is 1. The Bertz CT molecular complexity index is 867. The first-order valence-corrected chi connectivity index (χ1v) is 11.8. The fourth-order valence-electron chi connectivity index (χ4n) is 7.13. The van der Waals surface area contributed by atoms with Crippen LogP contribution in [0.4, 0.5) is 5.69 Å². The summed E-state index contributed by atoms with van der Waals surface area (Å²) in [4.78, 5) is 28.9. The molecule has 1 aromatic carbocycles. The van der Waals surface area contributed by atoms with Crippen LogP contribution in [0, 0.1) is 23.2 Å². The summed E-state index contributed by atoms with van der Waals surface area (Å²) in [6, 6.07) is 2.86. The lowest BCUT2D eigenvalue weighted by Gasteiger charge is -2.56. The number of methoxy groups -OCH3 is 2. The van der Waals surface area contributed by atoms with Crippen LogP contribution in [-0.2, 0) is 9.59 Å². The molecule has 0 unspecified atom stereocenters. The van der Waals surface area contributed by atoms with Crippen molar-refractivity contribution in [2.75, 3.05) is 26.1 Å². The van der Waals surface area contributed by atoms with Gasteiger partial charge in [-0.05, 0) is 75.2 Å². The van der Waals surface area contributed by atoms with Crippen LogP contribution >= 0.6 is 11.6 Å². The van der Waals surface area contributed by atoms with Crippen LogP contribution in [0.15, 0.2) is 12.1 Å². The van der Waals surface area contributed by atoms with Crippen LogP contribution in [0.3, 0.4) is 0 Å². The Hall–Kier alpha value is -1.95. The van der Waals surface area contributed by atoms with E-state index in [0.29, 0.717) is 52.9 Å². The highest BCUT2D eigenvalue weighted by Crippen LogP contribution is 2.60. The number of nitrogens with one attached hydrogen (secondary N) is 1. The van der Waals surface area contributed by atoms with Crippen molar-refractivity contribution in [2.45, 2.75) is 57.4 Å². The maximum absolute atomic E-state index is 13.8. The average Bonchev–Trinajstić information content (AvgIpc) is 3.22. The number of carbonyl (C=O) groups excluding carboxylic acids is 2. The van der Waals surface area contributed by atoms with E-state index >= 15 is 0 Å². The van der Waals surface area contributed by atoms with Crippen LogP contribution < -0.4 is 14.8 Å². The van der Waals surface area contributed by atoms with Gasteiger partial charge in [0, 0.05) is 12.6 Å². The maximum Gasteiger partial charge on any atom is 0.247 e. The van der Waals surface area contributed by atoms with Gasteiger partial charge in [-0.1, -0.05) is 11.6 Å². The van der Waals surface area contributed by atoms with Gasteiger partial charge in [0.2, 0.25) is 11.8 Å². The zero-order valence-corrected chi connectivity index (χ0v) is 19.0.